The average molecular weight is 369 g/mol. The molecular weight excluding hydrogens is 345 g/mol. The highest BCUT2D eigenvalue weighted by Crippen LogP contribution is 2.41. The number of anilines is 1. The van der Waals surface area contributed by atoms with Crippen LogP contribution in [0.3, 0.4) is 0 Å². The van der Waals surface area contributed by atoms with E-state index in [2.05, 4.69) is 20.4 Å². The summed E-state index contributed by atoms with van der Waals surface area (Å²) in [6.45, 7) is 4.31. The molecular formula is C20H24FN5O. The number of aromatic nitrogens is 2. The lowest BCUT2D eigenvalue weighted by Crippen LogP contribution is -2.48. The number of amides is 2. The SMILES string of the molecule is CCN(C(=O)N[C@H]1C[C@@H]1c1ccc(F)cc1)[C@H]1CCN(c2cccnn2)C1. The Labute approximate surface area is 158 Å². The third-order valence-corrected chi connectivity index (χ3v) is 5.49. The average Bonchev–Trinajstić information content (AvgIpc) is 3.27. The van der Waals surface area contributed by atoms with Gasteiger partial charge < -0.3 is 15.1 Å². The van der Waals surface area contributed by atoms with E-state index in [1.54, 1.807) is 18.3 Å². The minimum absolute atomic E-state index is 0.0156. The molecule has 1 aromatic heterocycles. The summed E-state index contributed by atoms with van der Waals surface area (Å²) in [5.41, 5.74) is 1.08. The van der Waals surface area contributed by atoms with E-state index in [1.165, 1.54) is 12.1 Å². The number of halogens is 1. The number of hydrogen-bond acceptors (Lipinski definition) is 4. The molecule has 1 aliphatic carbocycles. The van der Waals surface area contributed by atoms with Crippen LogP contribution >= 0.6 is 0 Å². The third-order valence-electron chi connectivity index (χ3n) is 5.49. The summed E-state index contributed by atoms with van der Waals surface area (Å²) in [5.74, 6) is 0.911. The van der Waals surface area contributed by atoms with Crippen molar-refractivity contribution in [2.45, 2.75) is 37.8 Å². The first kappa shape index (κ1) is 17.7. The first-order chi connectivity index (χ1) is 13.2. The minimum atomic E-state index is -0.231. The van der Waals surface area contributed by atoms with E-state index in [4.69, 9.17) is 0 Å². The van der Waals surface area contributed by atoms with Gasteiger partial charge in [-0.2, -0.15) is 5.10 Å². The van der Waals surface area contributed by atoms with Crippen LogP contribution in [0, 0.1) is 5.82 Å². The lowest BCUT2D eigenvalue weighted by atomic mass is 10.1. The van der Waals surface area contributed by atoms with Crippen LogP contribution < -0.4 is 10.2 Å². The first-order valence-electron chi connectivity index (χ1n) is 9.51. The van der Waals surface area contributed by atoms with E-state index in [0.29, 0.717) is 6.54 Å². The molecule has 3 atom stereocenters. The number of likely N-dealkylation sites (N-methyl/N-ethyl adjacent to an activating group) is 1. The fourth-order valence-corrected chi connectivity index (χ4v) is 3.91. The highest BCUT2D eigenvalue weighted by molar-refractivity contribution is 5.75. The smallest absolute Gasteiger partial charge is 0.317 e. The minimum Gasteiger partial charge on any atom is -0.353 e. The van der Waals surface area contributed by atoms with Crippen LogP contribution in [0.1, 0.15) is 31.2 Å². The van der Waals surface area contributed by atoms with Crippen LogP contribution in [0.15, 0.2) is 42.6 Å². The highest BCUT2D eigenvalue weighted by atomic mass is 19.1. The van der Waals surface area contributed by atoms with Gasteiger partial charge in [0.2, 0.25) is 0 Å². The van der Waals surface area contributed by atoms with Gasteiger partial charge in [-0.05, 0) is 49.6 Å². The normalized spacial score (nSPS) is 23.9. The molecule has 1 saturated heterocycles. The Morgan fingerprint density at radius 3 is 2.85 bits per heavy atom. The lowest BCUT2D eigenvalue weighted by Gasteiger charge is -2.28. The van der Waals surface area contributed by atoms with Crippen molar-refractivity contribution in [3.05, 3.63) is 54.0 Å². The van der Waals surface area contributed by atoms with Gasteiger partial charge in [0.05, 0.1) is 6.04 Å². The van der Waals surface area contributed by atoms with Crippen LogP contribution in [0.2, 0.25) is 0 Å². The summed E-state index contributed by atoms with van der Waals surface area (Å²) in [5, 5.41) is 11.2. The van der Waals surface area contributed by atoms with E-state index in [-0.39, 0.29) is 29.8 Å². The largest absolute Gasteiger partial charge is 0.353 e. The summed E-state index contributed by atoms with van der Waals surface area (Å²) >= 11 is 0. The lowest BCUT2D eigenvalue weighted by molar-refractivity contribution is 0.182. The van der Waals surface area contributed by atoms with E-state index >= 15 is 0 Å². The fourth-order valence-electron chi connectivity index (χ4n) is 3.91. The number of nitrogens with zero attached hydrogens (tertiary/aromatic N) is 4. The Hall–Kier alpha value is -2.70. The van der Waals surface area contributed by atoms with Gasteiger partial charge in [-0.15, -0.1) is 5.10 Å². The van der Waals surface area contributed by atoms with Gasteiger partial charge >= 0.3 is 6.03 Å². The summed E-state index contributed by atoms with van der Waals surface area (Å²) in [6, 6.07) is 10.7. The number of carbonyl (C=O) groups is 1. The number of carbonyl (C=O) groups excluding carboxylic acids is 1. The monoisotopic (exact) mass is 369 g/mol. The Kier molecular flexibility index (Phi) is 4.92. The molecule has 0 unspecified atom stereocenters. The van der Waals surface area contributed by atoms with Crippen molar-refractivity contribution < 1.29 is 9.18 Å². The number of rotatable bonds is 5. The van der Waals surface area contributed by atoms with Crippen molar-refractivity contribution in [2.75, 3.05) is 24.5 Å². The molecule has 4 rings (SSSR count). The van der Waals surface area contributed by atoms with Gasteiger partial charge in [0.15, 0.2) is 5.82 Å². The second-order valence-corrected chi connectivity index (χ2v) is 7.21. The molecule has 6 nitrogen and oxygen atoms in total. The molecule has 2 heterocycles. The highest BCUT2D eigenvalue weighted by Gasteiger charge is 2.41. The van der Waals surface area contributed by atoms with Crippen LogP contribution in [-0.2, 0) is 0 Å². The van der Waals surface area contributed by atoms with Gasteiger partial charge in [0, 0.05) is 37.8 Å². The first-order valence-corrected chi connectivity index (χ1v) is 9.51. The molecule has 0 spiro atoms. The fraction of sp³-hybridized carbons (Fsp3) is 0.450. The van der Waals surface area contributed by atoms with Crippen LogP contribution in [-0.4, -0.2) is 52.8 Å². The molecule has 7 heteroatoms. The molecule has 1 aliphatic heterocycles. The quantitative estimate of drug-likeness (QED) is 0.880. The molecule has 0 bridgehead atoms. The number of urea groups is 1. The van der Waals surface area contributed by atoms with Crippen molar-refractivity contribution in [1.29, 1.82) is 0 Å². The van der Waals surface area contributed by atoms with Crippen molar-refractivity contribution in [1.82, 2.24) is 20.4 Å². The zero-order valence-electron chi connectivity index (χ0n) is 15.4. The zero-order chi connectivity index (χ0) is 18.8. The van der Waals surface area contributed by atoms with E-state index < -0.39 is 0 Å². The Morgan fingerprint density at radius 2 is 2.15 bits per heavy atom. The van der Waals surface area contributed by atoms with Gasteiger partial charge in [0.25, 0.3) is 0 Å². The molecule has 2 amide bonds. The van der Waals surface area contributed by atoms with Crippen LogP contribution in [0.25, 0.3) is 0 Å². The summed E-state index contributed by atoms with van der Waals surface area (Å²) < 4.78 is 13.1. The van der Waals surface area contributed by atoms with Gasteiger partial charge in [0.1, 0.15) is 5.82 Å². The number of nitrogens with one attached hydrogen (secondary N) is 1. The molecule has 2 fully saturated rings. The Bertz CT molecular complexity index is 785. The number of hydrogen-bond donors (Lipinski definition) is 1. The Morgan fingerprint density at radius 1 is 1.33 bits per heavy atom. The molecule has 2 aliphatic rings. The second kappa shape index (κ2) is 7.50. The van der Waals surface area contributed by atoms with Crippen molar-refractivity contribution >= 4 is 11.8 Å². The summed E-state index contributed by atoms with van der Waals surface area (Å²) in [7, 11) is 0. The maximum absolute atomic E-state index is 13.1. The van der Waals surface area contributed by atoms with Gasteiger partial charge in [-0.1, -0.05) is 12.1 Å². The molecule has 2 aromatic rings. The summed E-state index contributed by atoms with van der Waals surface area (Å²) in [6.07, 6.45) is 3.49. The third kappa shape index (κ3) is 3.86. The molecule has 1 N–H and O–H groups in total. The predicted octanol–water partition coefficient (Wildman–Crippen LogP) is 2.78. The van der Waals surface area contributed by atoms with Gasteiger partial charge in [-0.25, -0.2) is 9.18 Å². The van der Waals surface area contributed by atoms with E-state index in [0.717, 1.165) is 37.3 Å². The summed E-state index contributed by atoms with van der Waals surface area (Å²) in [4.78, 5) is 16.9. The molecule has 142 valence electrons. The zero-order valence-corrected chi connectivity index (χ0v) is 15.4. The maximum atomic E-state index is 13.1. The van der Waals surface area contributed by atoms with E-state index in [1.807, 2.05) is 24.0 Å². The molecule has 27 heavy (non-hydrogen) atoms. The van der Waals surface area contributed by atoms with Crippen molar-refractivity contribution in [3.63, 3.8) is 0 Å². The predicted molar refractivity (Wildman–Crippen MR) is 101 cm³/mol. The standard InChI is InChI=1S/C20H24FN5O/c1-2-26(16-9-11-25(13-16)19-4-3-10-22-24-19)20(27)23-18-12-17(18)14-5-7-15(21)8-6-14/h3-8,10,16-18H,2,9,11-13H2,1H3,(H,23,27)/t16-,17+,18-/m0/s1. The van der Waals surface area contributed by atoms with Crippen LogP contribution in [0.4, 0.5) is 15.0 Å². The van der Waals surface area contributed by atoms with Crippen molar-refractivity contribution in [2.24, 2.45) is 0 Å². The van der Waals surface area contributed by atoms with Crippen LogP contribution in [0.5, 0.6) is 0 Å². The molecule has 1 saturated carbocycles. The number of benzene rings is 1. The Balaban J connectivity index is 1.33. The molecule has 0 radical (unpaired) electrons. The van der Waals surface area contributed by atoms with E-state index in [9.17, 15) is 9.18 Å². The van der Waals surface area contributed by atoms with Crippen molar-refractivity contribution in [3.8, 4) is 0 Å². The topological polar surface area (TPSA) is 61.4 Å². The van der Waals surface area contributed by atoms with Gasteiger partial charge in [-0.3, -0.25) is 0 Å². The second-order valence-electron chi connectivity index (χ2n) is 7.21. The molecule has 1 aromatic carbocycles. The maximum Gasteiger partial charge on any atom is 0.317 e.